The van der Waals surface area contributed by atoms with Gasteiger partial charge in [0.2, 0.25) is 0 Å². The summed E-state index contributed by atoms with van der Waals surface area (Å²) < 4.78 is 2.46. The van der Waals surface area contributed by atoms with Gasteiger partial charge in [-0.15, -0.1) is 0 Å². The van der Waals surface area contributed by atoms with E-state index in [0.29, 0.717) is 5.56 Å². The van der Waals surface area contributed by atoms with Crippen LogP contribution in [0.25, 0.3) is 10.9 Å². The maximum absolute atomic E-state index is 12.6. The quantitative estimate of drug-likeness (QED) is 0.633. The Balaban J connectivity index is 2.13. The molecular weight excluding hydrogens is 377 g/mol. The van der Waals surface area contributed by atoms with E-state index in [0.717, 1.165) is 15.4 Å². The lowest BCUT2D eigenvalue weighted by molar-refractivity contribution is 0.0965. The van der Waals surface area contributed by atoms with Crippen LogP contribution in [0.4, 0.5) is 0 Å². The van der Waals surface area contributed by atoms with Crippen molar-refractivity contribution >= 4 is 55.9 Å². The summed E-state index contributed by atoms with van der Waals surface area (Å²) >= 11 is 15.1. The minimum Gasteiger partial charge on any atom is -0.505 e. The topological polar surface area (TPSA) is 42.2 Å². The highest BCUT2D eigenvalue weighted by atomic mass is 79.9. The minimum absolute atomic E-state index is 0.0463. The normalized spacial score (nSPS) is 11.0. The van der Waals surface area contributed by atoms with Crippen LogP contribution in [0.15, 0.2) is 47.1 Å². The molecule has 3 rings (SSSR count). The first-order chi connectivity index (χ1) is 9.97. The molecule has 6 heteroatoms. The number of hydrogen-bond acceptors (Lipinski definition) is 2. The number of phenolic OH excluding ortho intramolecular Hbond substituents is 1. The SMILES string of the molecule is O=C(c1cc(Cl)c(O)c(Cl)c1)n1ccc2cc(Br)ccc21. The molecule has 0 fully saturated rings. The van der Waals surface area contributed by atoms with E-state index in [9.17, 15) is 9.90 Å². The summed E-state index contributed by atoms with van der Waals surface area (Å²) in [5.74, 6) is -0.493. The van der Waals surface area contributed by atoms with E-state index in [2.05, 4.69) is 15.9 Å². The lowest BCUT2D eigenvalue weighted by atomic mass is 10.2. The molecule has 0 aliphatic heterocycles. The summed E-state index contributed by atoms with van der Waals surface area (Å²) in [6.45, 7) is 0. The van der Waals surface area contributed by atoms with Gasteiger partial charge in [-0.05, 0) is 36.4 Å². The van der Waals surface area contributed by atoms with Gasteiger partial charge in [-0.2, -0.15) is 0 Å². The Labute approximate surface area is 138 Å². The molecule has 2 aromatic carbocycles. The molecule has 106 valence electrons. The number of phenols is 1. The highest BCUT2D eigenvalue weighted by Crippen LogP contribution is 2.33. The Morgan fingerprint density at radius 2 is 1.76 bits per heavy atom. The highest BCUT2D eigenvalue weighted by molar-refractivity contribution is 9.10. The van der Waals surface area contributed by atoms with Gasteiger partial charge in [-0.1, -0.05) is 39.1 Å². The van der Waals surface area contributed by atoms with Crippen LogP contribution in [0.2, 0.25) is 10.0 Å². The second-order valence-corrected chi connectivity index (χ2v) is 6.21. The summed E-state index contributed by atoms with van der Waals surface area (Å²) in [7, 11) is 0. The zero-order valence-corrected chi connectivity index (χ0v) is 13.6. The van der Waals surface area contributed by atoms with Crippen molar-refractivity contribution in [1.29, 1.82) is 0 Å². The lowest BCUT2D eigenvalue weighted by Crippen LogP contribution is -2.10. The van der Waals surface area contributed by atoms with Crippen LogP contribution < -0.4 is 0 Å². The highest BCUT2D eigenvalue weighted by Gasteiger charge is 2.15. The Kier molecular flexibility index (Phi) is 3.69. The van der Waals surface area contributed by atoms with Crippen molar-refractivity contribution in [3.05, 3.63) is 62.7 Å². The number of benzene rings is 2. The molecule has 0 atom stereocenters. The molecule has 0 radical (unpaired) electrons. The third-order valence-corrected chi connectivity index (χ3v) is 4.20. The van der Waals surface area contributed by atoms with Gasteiger partial charge >= 0.3 is 0 Å². The van der Waals surface area contributed by atoms with E-state index in [1.165, 1.54) is 16.7 Å². The van der Waals surface area contributed by atoms with Gasteiger partial charge < -0.3 is 5.11 Å². The van der Waals surface area contributed by atoms with Gasteiger partial charge in [0, 0.05) is 21.6 Å². The van der Waals surface area contributed by atoms with E-state index >= 15 is 0 Å². The third kappa shape index (κ3) is 2.55. The molecule has 0 aliphatic carbocycles. The standard InChI is InChI=1S/C15H8BrCl2NO2/c16-10-1-2-13-8(5-10)3-4-19(13)15(21)9-6-11(17)14(20)12(18)7-9/h1-7,20H. The Morgan fingerprint density at radius 1 is 1.10 bits per heavy atom. The van der Waals surface area contributed by atoms with Crippen LogP contribution in [0, 0.1) is 0 Å². The Morgan fingerprint density at radius 3 is 2.43 bits per heavy atom. The van der Waals surface area contributed by atoms with E-state index in [4.69, 9.17) is 23.2 Å². The van der Waals surface area contributed by atoms with Crippen LogP contribution in [0.5, 0.6) is 5.75 Å². The molecule has 1 N–H and O–H groups in total. The number of halogens is 3. The maximum Gasteiger partial charge on any atom is 0.262 e. The smallest absolute Gasteiger partial charge is 0.262 e. The molecule has 0 spiro atoms. The summed E-state index contributed by atoms with van der Waals surface area (Å²) in [5, 5.41) is 10.6. The van der Waals surface area contributed by atoms with Crippen LogP contribution in [0.3, 0.4) is 0 Å². The van der Waals surface area contributed by atoms with Crippen LogP contribution in [-0.2, 0) is 0 Å². The Hall–Kier alpha value is -1.49. The molecule has 3 nitrogen and oxygen atoms in total. The van der Waals surface area contributed by atoms with Crippen LogP contribution in [0.1, 0.15) is 10.4 Å². The third-order valence-electron chi connectivity index (χ3n) is 3.13. The van der Waals surface area contributed by atoms with Crippen molar-refractivity contribution in [3.63, 3.8) is 0 Å². The average Bonchev–Trinajstić information content (AvgIpc) is 2.86. The Bertz CT molecular complexity index is 850. The van der Waals surface area contributed by atoms with Crippen molar-refractivity contribution in [2.45, 2.75) is 0 Å². The molecule has 0 aliphatic rings. The largest absolute Gasteiger partial charge is 0.505 e. The molecule has 0 saturated heterocycles. The summed E-state index contributed by atoms with van der Waals surface area (Å²) in [4.78, 5) is 12.6. The molecule has 0 amide bonds. The van der Waals surface area contributed by atoms with Crippen molar-refractivity contribution in [2.24, 2.45) is 0 Å². The predicted octanol–water partition coefficient (Wildman–Crippen LogP) is 5.10. The molecule has 1 aromatic heterocycles. The number of nitrogens with zero attached hydrogens (tertiary/aromatic N) is 1. The molecule has 0 bridgehead atoms. The van der Waals surface area contributed by atoms with E-state index < -0.39 is 0 Å². The van der Waals surface area contributed by atoms with Gasteiger partial charge in [0.25, 0.3) is 5.91 Å². The number of hydrogen-bond donors (Lipinski definition) is 1. The van der Waals surface area contributed by atoms with Crippen molar-refractivity contribution < 1.29 is 9.90 Å². The van der Waals surface area contributed by atoms with Crippen LogP contribution >= 0.6 is 39.1 Å². The summed E-state index contributed by atoms with van der Waals surface area (Å²) in [5.41, 5.74) is 1.09. The molecular formula is C15H8BrCl2NO2. The van der Waals surface area contributed by atoms with Crippen molar-refractivity contribution in [2.75, 3.05) is 0 Å². The zero-order chi connectivity index (χ0) is 15.1. The molecule has 21 heavy (non-hydrogen) atoms. The number of carbonyl (C=O) groups excluding carboxylic acids is 1. The fourth-order valence-corrected chi connectivity index (χ4v) is 2.98. The molecule has 0 saturated carbocycles. The fourth-order valence-electron chi connectivity index (χ4n) is 2.12. The van der Waals surface area contributed by atoms with Crippen molar-refractivity contribution in [1.82, 2.24) is 4.57 Å². The van der Waals surface area contributed by atoms with Gasteiger partial charge in [0.1, 0.15) is 0 Å². The van der Waals surface area contributed by atoms with E-state index in [-0.39, 0.29) is 21.7 Å². The number of aromatic hydroxyl groups is 1. The minimum atomic E-state index is -0.267. The molecule has 1 heterocycles. The number of carbonyl (C=O) groups is 1. The van der Waals surface area contributed by atoms with Crippen LogP contribution in [-0.4, -0.2) is 15.6 Å². The molecule has 3 aromatic rings. The monoisotopic (exact) mass is 383 g/mol. The number of aromatic nitrogens is 1. The second kappa shape index (κ2) is 5.37. The second-order valence-electron chi connectivity index (χ2n) is 4.48. The number of rotatable bonds is 1. The maximum atomic E-state index is 12.6. The van der Waals surface area contributed by atoms with Crippen molar-refractivity contribution in [3.8, 4) is 5.75 Å². The molecule has 0 unspecified atom stereocenters. The van der Waals surface area contributed by atoms with Gasteiger partial charge in [0.15, 0.2) is 5.75 Å². The van der Waals surface area contributed by atoms with Gasteiger partial charge in [0.05, 0.1) is 15.6 Å². The lowest BCUT2D eigenvalue weighted by Gasteiger charge is -2.07. The van der Waals surface area contributed by atoms with Gasteiger partial charge in [-0.25, -0.2) is 0 Å². The summed E-state index contributed by atoms with van der Waals surface area (Å²) in [6.07, 6.45) is 1.69. The fraction of sp³-hybridized carbons (Fsp3) is 0. The first-order valence-corrected chi connectivity index (χ1v) is 7.51. The van der Waals surface area contributed by atoms with Gasteiger partial charge in [-0.3, -0.25) is 9.36 Å². The first-order valence-electron chi connectivity index (χ1n) is 5.96. The van der Waals surface area contributed by atoms with E-state index in [1.54, 1.807) is 6.20 Å². The zero-order valence-electron chi connectivity index (χ0n) is 10.5. The predicted molar refractivity (Wildman–Crippen MR) is 87.5 cm³/mol. The summed E-state index contributed by atoms with van der Waals surface area (Å²) in [6, 6.07) is 10.3. The van der Waals surface area contributed by atoms with E-state index in [1.807, 2.05) is 24.3 Å². The average molecular weight is 385 g/mol. The number of fused-ring (bicyclic) bond motifs is 1. The first kappa shape index (κ1) is 14.4.